The highest BCUT2D eigenvalue weighted by Gasteiger charge is 2.28. The van der Waals surface area contributed by atoms with E-state index in [1.807, 2.05) is 0 Å². The van der Waals surface area contributed by atoms with Crippen LogP contribution in [0.2, 0.25) is 0 Å². The Kier molecular flexibility index (Phi) is 11.5. The van der Waals surface area contributed by atoms with Gasteiger partial charge in [0, 0.05) is 24.5 Å². The Morgan fingerprint density at radius 3 is 2.48 bits per heavy atom. The first-order valence-electron chi connectivity index (χ1n) is 9.48. The molecule has 0 unspecified atom stereocenters. The zero-order valence-corrected chi connectivity index (χ0v) is 15.5. The average Bonchev–Trinajstić information content (AvgIpc) is 2.94. The number of unbranched alkanes of at least 4 members (excludes halogenated alkanes) is 5. The maximum atomic E-state index is 12.1. The zero-order chi connectivity index (χ0) is 16.9. The van der Waals surface area contributed by atoms with E-state index >= 15 is 0 Å². The summed E-state index contributed by atoms with van der Waals surface area (Å²) in [5.74, 6) is 1.40. The molecule has 1 N–H and O–H groups in total. The second-order valence-electron chi connectivity index (χ2n) is 6.86. The minimum absolute atomic E-state index is 0.188. The summed E-state index contributed by atoms with van der Waals surface area (Å²) in [6.07, 6.45) is 13.3. The SMILES string of the molecule is CCCCCCCS[C@H]1CCC[C@@H]1CC(=O)CCCCC(=O)O. The van der Waals surface area contributed by atoms with Crippen molar-refractivity contribution in [3.8, 4) is 0 Å². The van der Waals surface area contributed by atoms with Crippen LogP contribution in [0, 0.1) is 5.92 Å². The quantitative estimate of drug-likeness (QED) is 0.426. The molecule has 0 saturated heterocycles. The normalized spacial score (nSPS) is 20.7. The molecule has 0 radical (unpaired) electrons. The van der Waals surface area contributed by atoms with Crippen molar-refractivity contribution in [2.24, 2.45) is 5.92 Å². The van der Waals surface area contributed by atoms with Crippen LogP contribution in [0.15, 0.2) is 0 Å². The number of rotatable bonds is 14. The van der Waals surface area contributed by atoms with Gasteiger partial charge in [0.25, 0.3) is 0 Å². The first kappa shape index (κ1) is 20.5. The minimum atomic E-state index is -0.761. The summed E-state index contributed by atoms with van der Waals surface area (Å²) >= 11 is 2.09. The summed E-state index contributed by atoms with van der Waals surface area (Å²) in [5.41, 5.74) is 0. The van der Waals surface area contributed by atoms with Crippen molar-refractivity contribution < 1.29 is 14.7 Å². The van der Waals surface area contributed by atoms with Crippen LogP contribution in [0.5, 0.6) is 0 Å². The molecule has 3 nitrogen and oxygen atoms in total. The fourth-order valence-electron chi connectivity index (χ4n) is 3.39. The van der Waals surface area contributed by atoms with Gasteiger partial charge in [-0.1, -0.05) is 39.0 Å². The number of thioether (sulfide) groups is 1. The molecule has 0 heterocycles. The summed E-state index contributed by atoms with van der Waals surface area (Å²) < 4.78 is 0. The van der Waals surface area contributed by atoms with E-state index < -0.39 is 5.97 Å². The second kappa shape index (κ2) is 12.9. The smallest absolute Gasteiger partial charge is 0.303 e. The van der Waals surface area contributed by atoms with Gasteiger partial charge in [0.15, 0.2) is 0 Å². The summed E-state index contributed by atoms with van der Waals surface area (Å²) in [7, 11) is 0. The molecule has 2 atom stereocenters. The van der Waals surface area contributed by atoms with E-state index in [1.165, 1.54) is 57.1 Å². The largest absolute Gasteiger partial charge is 0.481 e. The molecule has 4 heteroatoms. The molecule has 1 rings (SSSR count). The van der Waals surface area contributed by atoms with Crippen LogP contribution in [0.4, 0.5) is 0 Å². The van der Waals surface area contributed by atoms with Crippen LogP contribution in [0.1, 0.15) is 90.4 Å². The van der Waals surface area contributed by atoms with E-state index in [9.17, 15) is 9.59 Å². The van der Waals surface area contributed by atoms with Crippen molar-refractivity contribution >= 4 is 23.5 Å². The van der Waals surface area contributed by atoms with Gasteiger partial charge in [-0.25, -0.2) is 0 Å². The molecule has 1 aliphatic rings. The van der Waals surface area contributed by atoms with Gasteiger partial charge in [0.1, 0.15) is 5.78 Å². The lowest BCUT2D eigenvalue weighted by Crippen LogP contribution is -2.15. The molecule has 1 aliphatic carbocycles. The average molecular weight is 343 g/mol. The summed E-state index contributed by atoms with van der Waals surface area (Å²) in [6.45, 7) is 2.25. The van der Waals surface area contributed by atoms with Gasteiger partial charge in [-0.15, -0.1) is 0 Å². The molecule has 0 aromatic rings. The molecular weight excluding hydrogens is 308 g/mol. The van der Waals surface area contributed by atoms with Crippen molar-refractivity contribution in [3.63, 3.8) is 0 Å². The van der Waals surface area contributed by atoms with Crippen LogP contribution in [-0.2, 0) is 9.59 Å². The third kappa shape index (κ3) is 10.1. The van der Waals surface area contributed by atoms with Gasteiger partial charge in [-0.05, 0) is 43.8 Å². The fraction of sp³-hybridized carbons (Fsp3) is 0.895. The van der Waals surface area contributed by atoms with E-state index in [-0.39, 0.29) is 6.42 Å². The van der Waals surface area contributed by atoms with Gasteiger partial charge in [-0.3, -0.25) is 9.59 Å². The lowest BCUT2D eigenvalue weighted by Gasteiger charge is -2.18. The fourth-order valence-corrected chi connectivity index (χ4v) is 4.90. The molecule has 1 saturated carbocycles. The van der Waals surface area contributed by atoms with Gasteiger partial charge >= 0.3 is 5.97 Å². The molecule has 0 spiro atoms. The van der Waals surface area contributed by atoms with Crippen LogP contribution in [-0.4, -0.2) is 27.9 Å². The predicted molar refractivity (Wildman–Crippen MR) is 98.1 cm³/mol. The maximum absolute atomic E-state index is 12.1. The predicted octanol–water partition coefficient (Wildman–Crippen LogP) is 5.46. The Hall–Kier alpha value is -0.510. The Morgan fingerprint density at radius 1 is 1.00 bits per heavy atom. The molecule has 0 aromatic heterocycles. The molecular formula is C19H34O3S. The van der Waals surface area contributed by atoms with Gasteiger partial charge in [0.05, 0.1) is 0 Å². The number of hydrogen-bond donors (Lipinski definition) is 1. The van der Waals surface area contributed by atoms with Crippen LogP contribution in [0.25, 0.3) is 0 Å². The van der Waals surface area contributed by atoms with Crippen LogP contribution < -0.4 is 0 Å². The first-order chi connectivity index (χ1) is 11.1. The summed E-state index contributed by atoms with van der Waals surface area (Å²) in [5, 5.41) is 9.29. The lowest BCUT2D eigenvalue weighted by atomic mass is 9.98. The summed E-state index contributed by atoms with van der Waals surface area (Å²) in [4.78, 5) is 22.5. The minimum Gasteiger partial charge on any atom is -0.481 e. The highest BCUT2D eigenvalue weighted by atomic mass is 32.2. The molecule has 23 heavy (non-hydrogen) atoms. The molecule has 0 aromatic carbocycles. The van der Waals surface area contributed by atoms with Gasteiger partial charge in [-0.2, -0.15) is 11.8 Å². The molecule has 0 aliphatic heterocycles. The standard InChI is InChI=1S/C19H34O3S/c1-2-3-4-5-8-14-23-18-12-9-10-16(18)15-17(20)11-6-7-13-19(21)22/h16,18H,2-15H2,1H3,(H,21,22)/t16-,18+/m1/s1. The van der Waals surface area contributed by atoms with E-state index in [4.69, 9.17) is 5.11 Å². The molecule has 0 amide bonds. The van der Waals surface area contributed by atoms with Crippen molar-refractivity contribution in [2.75, 3.05) is 5.75 Å². The number of aliphatic carboxylic acids is 1. The number of hydrogen-bond acceptors (Lipinski definition) is 3. The van der Waals surface area contributed by atoms with E-state index in [2.05, 4.69) is 18.7 Å². The Bertz CT molecular complexity index is 344. The number of carboxylic acid groups (broad SMARTS) is 1. The molecule has 134 valence electrons. The topological polar surface area (TPSA) is 54.4 Å². The van der Waals surface area contributed by atoms with Gasteiger partial charge < -0.3 is 5.11 Å². The van der Waals surface area contributed by atoms with Gasteiger partial charge in [0.2, 0.25) is 0 Å². The monoisotopic (exact) mass is 342 g/mol. The Labute approximate surface area is 146 Å². The molecule has 0 bridgehead atoms. The highest BCUT2D eigenvalue weighted by molar-refractivity contribution is 7.99. The zero-order valence-electron chi connectivity index (χ0n) is 14.7. The Morgan fingerprint density at radius 2 is 1.74 bits per heavy atom. The van der Waals surface area contributed by atoms with Crippen molar-refractivity contribution in [3.05, 3.63) is 0 Å². The van der Waals surface area contributed by atoms with Crippen LogP contribution in [0.3, 0.4) is 0 Å². The highest BCUT2D eigenvalue weighted by Crippen LogP contribution is 2.38. The third-order valence-electron chi connectivity index (χ3n) is 4.76. The number of carbonyl (C=O) groups is 2. The Balaban J connectivity index is 2.11. The lowest BCUT2D eigenvalue weighted by molar-refractivity contribution is -0.137. The number of Topliss-reactive ketones (excluding diaryl/α,β-unsaturated/α-hetero) is 1. The van der Waals surface area contributed by atoms with E-state index in [0.29, 0.717) is 29.8 Å². The van der Waals surface area contributed by atoms with E-state index in [0.717, 1.165) is 12.8 Å². The third-order valence-corrected chi connectivity index (χ3v) is 6.33. The summed E-state index contributed by atoms with van der Waals surface area (Å²) in [6, 6.07) is 0. The molecule has 1 fully saturated rings. The van der Waals surface area contributed by atoms with Crippen molar-refractivity contribution in [1.82, 2.24) is 0 Å². The van der Waals surface area contributed by atoms with E-state index in [1.54, 1.807) is 0 Å². The van der Waals surface area contributed by atoms with Crippen LogP contribution >= 0.6 is 11.8 Å². The maximum Gasteiger partial charge on any atom is 0.303 e. The number of ketones is 1. The van der Waals surface area contributed by atoms with Crippen molar-refractivity contribution in [2.45, 2.75) is 95.6 Å². The number of carbonyl (C=O) groups excluding carboxylic acids is 1. The number of carboxylic acids is 1. The first-order valence-corrected chi connectivity index (χ1v) is 10.5. The van der Waals surface area contributed by atoms with Crippen molar-refractivity contribution in [1.29, 1.82) is 0 Å². The second-order valence-corrected chi connectivity index (χ2v) is 8.21.